The molecule has 0 amide bonds. The van der Waals surface area contributed by atoms with E-state index in [0.29, 0.717) is 5.56 Å². The lowest BCUT2D eigenvalue weighted by Crippen LogP contribution is -2.16. The maximum Gasteiger partial charge on any atom is 0.343 e. The summed E-state index contributed by atoms with van der Waals surface area (Å²) >= 11 is 0. The lowest BCUT2D eigenvalue weighted by molar-refractivity contribution is -0.385. The third kappa shape index (κ3) is 3.39. The predicted molar refractivity (Wildman–Crippen MR) is 83.5 cm³/mol. The number of carboxylic acids is 1. The van der Waals surface area contributed by atoms with Crippen LogP contribution < -0.4 is 0 Å². The Balaban J connectivity index is 2.40. The Morgan fingerprint density at radius 3 is 2.38 bits per heavy atom. The summed E-state index contributed by atoms with van der Waals surface area (Å²) in [5.41, 5.74) is -1.35. The third-order valence-corrected chi connectivity index (χ3v) is 3.15. The SMILES string of the molecule is C#C[C@H](OC(=O)c1cccc([N+](=O)[O-])c1C(=O)O)c1ccccc1. The number of nitro groups is 1. The first-order valence-corrected chi connectivity index (χ1v) is 6.68. The van der Waals surface area contributed by atoms with Gasteiger partial charge in [0.25, 0.3) is 5.69 Å². The van der Waals surface area contributed by atoms with Gasteiger partial charge in [-0.15, -0.1) is 6.42 Å². The third-order valence-electron chi connectivity index (χ3n) is 3.15. The predicted octanol–water partition coefficient (Wildman–Crippen LogP) is 2.82. The highest BCUT2D eigenvalue weighted by molar-refractivity contribution is 6.05. The van der Waals surface area contributed by atoms with Crippen LogP contribution >= 0.6 is 0 Å². The van der Waals surface area contributed by atoms with E-state index in [1.165, 1.54) is 6.07 Å². The van der Waals surface area contributed by atoms with E-state index in [2.05, 4.69) is 5.92 Å². The summed E-state index contributed by atoms with van der Waals surface area (Å²) in [5, 5.41) is 20.2. The number of aromatic carboxylic acids is 1. The second-order valence-electron chi connectivity index (χ2n) is 4.62. The number of carboxylic acid groups (broad SMARTS) is 1. The summed E-state index contributed by atoms with van der Waals surface area (Å²) in [6.45, 7) is 0. The molecule has 2 aromatic carbocycles. The Morgan fingerprint density at radius 1 is 1.17 bits per heavy atom. The summed E-state index contributed by atoms with van der Waals surface area (Å²) < 4.78 is 5.14. The van der Waals surface area contributed by atoms with Crippen molar-refractivity contribution in [1.29, 1.82) is 0 Å². The average molecular weight is 325 g/mol. The van der Waals surface area contributed by atoms with E-state index < -0.39 is 39.8 Å². The number of hydrogen-bond donors (Lipinski definition) is 1. The maximum atomic E-state index is 12.3. The molecule has 0 aliphatic carbocycles. The van der Waals surface area contributed by atoms with Crippen molar-refractivity contribution in [2.75, 3.05) is 0 Å². The van der Waals surface area contributed by atoms with Gasteiger partial charge in [-0.25, -0.2) is 9.59 Å². The van der Waals surface area contributed by atoms with E-state index in [9.17, 15) is 24.8 Å². The number of ether oxygens (including phenoxy) is 1. The van der Waals surface area contributed by atoms with Gasteiger partial charge in [-0.3, -0.25) is 10.1 Å². The molecule has 1 atom stereocenters. The molecule has 1 N–H and O–H groups in total. The smallest absolute Gasteiger partial charge is 0.343 e. The largest absolute Gasteiger partial charge is 0.477 e. The Hall–Kier alpha value is -3.66. The normalized spacial score (nSPS) is 11.1. The van der Waals surface area contributed by atoms with Gasteiger partial charge in [-0.1, -0.05) is 42.3 Å². The Kier molecular flexibility index (Phi) is 4.92. The molecule has 2 aromatic rings. The molecule has 0 heterocycles. The van der Waals surface area contributed by atoms with E-state index in [4.69, 9.17) is 11.2 Å². The quantitative estimate of drug-likeness (QED) is 0.392. The summed E-state index contributed by atoms with van der Waals surface area (Å²) in [7, 11) is 0. The molecule has 0 unspecified atom stereocenters. The fraction of sp³-hybridized carbons (Fsp3) is 0.0588. The minimum absolute atomic E-state index is 0.437. The number of carbonyl (C=O) groups is 2. The lowest BCUT2D eigenvalue weighted by atomic mass is 10.1. The van der Waals surface area contributed by atoms with E-state index in [-0.39, 0.29) is 0 Å². The van der Waals surface area contributed by atoms with E-state index in [1.54, 1.807) is 30.3 Å². The first-order valence-electron chi connectivity index (χ1n) is 6.68. The molecule has 0 aromatic heterocycles. The molecule has 7 heteroatoms. The molecule has 120 valence electrons. The van der Waals surface area contributed by atoms with Crippen molar-refractivity contribution >= 4 is 17.6 Å². The van der Waals surface area contributed by atoms with Crippen LogP contribution in [0.5, 0.6) is 0 Å². The molecule has 2 rings (SSSR count). The molecule has 0 saturated carbocycles. The highest BCUT2D eigenvalue weighted by Crippen LogP contribution is 2.25. The molecule has 0 saturated heterocycles. The van der Waals surface area contributed by atoms with Gasteiger partial charge in [0.1, 0.15) is 0 Å². The van der Waals surface area contributed by atoms with Gasteiger partial charge < -0.3 is 9.84 Å². The van der Waals surface area contributed by atoms with Crippen LogP contribution in [0.1, 0.15) is 32.4 Å². The second-order valence-corrected chi connectivity index (χ2v) is 4.62. The Morgan fingerprint density at radius 2 is 1.83 bits per heavy atom. The average Bonchev–Trinajstić information content (AvgIpc) is 2.59. The van der Waals surface area contributed by atoms with Crippen LogP contribution in [0.4, 0.5) is 5.69 Å². The van der Waals surface area contributed by atoms with Gasteiger partial charge in [-0.2, -0.15) is 0 Å². The Bertz CT molecular complexity index is 838. The minimum Gasteiger partial charge on any atom is -0.477 e. The molecule has 0 bridgehead atoms. The van der Waals surface area contributed by atoms with Crippen LogP contribution in [-0.2, 0) is 4.74 Å². The Labute approximate surface area is 136 Å². The monoisotopic (exact) mass is 325 g/mol. The van der Waals surface area contributed by atoms with Gasteiger partial charge in [0, 0.05) is 11.6 Å². The first-order chi connectivity index (χ1) is 11.5. The molecule has 0 spiro atoms. The lowest BCUT2D eigenvalue weighted by Gasteiger charge is -2.13. The zero-order chi connectivity index (χ0) is 17.7. The number of terminal acetylenes is 1. The highest BCUT2D eigenvalue weighted by Gasteiger charge is 2.29. The molecular weight excluding hydrogens is 314 g/mol. The first kappa shape index (κ1) is 16.7. The van der Waals surface area contributed by atoms with Gasteiger partial charge in [0.05, 0.1) is 10.5 Å². The standard InChI is InChI=1S/C17H11NO6/c1-2-14(11-7-4-3-5-8-11)24-17(21)12-9-6-10-13(18(22)23)15(12)16(19)20/h1,3-10,14H,(H,19,20)/t14-/m0/s1. The van der Waals surface area contributed by atoms with E-state index in [0.717, 1.165) is 12.1 Å². The van der Waals surface area contributed by atoms with Crippen molar-refractivity contribution in [1.82, 2.24) is 0 Å². The highest BCUT2D eigenvalue weighted by atomic mass is 16.6. The van der Waals surface area contributed by atoms with E-state index in [1.807, 2.05) is 0 Å². The molecule has 7 nitrogen and oxygen atoms in total. The zero-order valence-electron chi connectivity index (χ0n) is 12.2. The van der Waals surface area contributed by atoms with Crippen molar-refractivity contribution in [2.24, 2.45) is 0 Å². The van der Waals surface area contributed by atoms with Crippen molar-refractivity contribution in [3.05, 3.63) is 75.3 Å². The number of rotatable bonds is 5. The van der Waals surface area contributed by atoms with Crippen LogP contribution in [0.3, 0.4) is 0 Å². The fourth-order valence-electron chi connectivity index (χ4n) is 2.08. The molecule has 0 aliphatic rings. The topological polar surface area (TPSA) is 107 Å². The van der Waals surface area contributed by atoms with Crippen molar-refractivity contribution in [3.63, 3.8) is 0 Å². The number of nitro benzene ring substituents is 1. The second kappa shape index (κ2) is 7.07. The number of hydrogen-bond acceptors (Lipinski definition) is 5. The van der Waals surface area contributed by atoms with Crippen LogP contribution in [-0.4, -0.2) is 22.0 Å². The molecule has 24 heavy (non-hydrogen) atoms. The van der Waals surface area contributed by atoms with Crippen molar-refractivity contribution in [3.8, 4) is 12.3 Å². The minimum atomic E-state index is -1.61. The fourth-order valence-corrected chi connectivity index (χ4v) is 2.08. The van der Waals surface area contributed by atoms with Gasteiger partial charge >= 0.3 is 11.9 Å². The van der Waals surface area contributed by atoms with Crippen LogP contribution in [0, 0.1) is 22.5 Å². The van der Waals surface area contributed by atoms with Crippen molar-refractivity contribution < 1.29 is 24.4 Å². The summed E-state index contributed by atoms with van der Waals surface area (Å²) in [5.74, 6) is -0.377. The van der Waals surface area contributed by atoms with Crippen LogP contribution in [0.2, 0.25) is 0 Å². The maximum absolute atomic E-state index is 12.3. The van der Waals surface area contributed by atoms with Gasteiger partial charge in [-0.05, 0) is 6.07 Å². The molecule has 0 aliphatic heterocycles. The number of nitrogens with zero attached hydrogens (tertiary/aromatic N) is 1. The summed E-state index contributed by atoms with van der Waals surface area (Å²) in [6, 6.07) is 11.8. The zero-order valence-corrected chi connectivity index (χ0v) is 12.2. The summed E-state index contributed by atoms with van der Waals surface area (Å²) in [6.07, 6.45) is 4.31. The number of esters is 1. The molecule has 0 fully saturated rings. The molecule has 0 radical (unpaired) electrons. The van der Waals surface area contributed by atoms with E-state index >= 15 is 0 Å². The van der Waals surface area contributed by atoms with Gasteiger partial charge in [0.2, 0.25) is 0 Å². The van der Waals surface area contributed by atoms with Crippen molar-refractivity contribution in [2.45, 2.75) is 6.10 Å². The molecular formula is C17H11NO6. The number of carbonyl (C=O) groups excluding carboxylic acids is 1. The van der Waals surface area contributed by atoms with Crippen LogP contribution in [0.25, 0.3) is 0 Å². The van der Waals surface area contributed by atoms with Crippen LogP contribution in [0.15, 0.2) is 48.5 Å². The number of benzene rings is 2. The summed E-state index contributed by atoms with van der Waals surface area (Å²) in [4.78, 5) is 33.7. The van der Waals surface area contributed by atoms with Gasteiger partial charge in [0.15, 0.2) is 11.7 Å².